The number of thiazole rings is 2. The quantitative estimate of drug-likeness (QED) is 0.237. The molecule has 2 aromatic carbocycles. The molecule has 130 valence electrons. The Bertz CT molecular complexity index is 927. The minimum atomic E-state index is 1.01. The first-order valence-electron chi connectivity index (χ1n) is 7.45. The Morgan fingerprint density at radius 1 is 0.615 bits per heavy atom. The fourth-order valence-corrected chi connectivity index (χ4v) is 6.79. The number of benzene rings is 2. The summed E-state index contributed by atoms with van der Waals surface area (Å²) in [4.78, 5) is 9.43. The van der Waals surface area contributed by atoms with Crippen molar-refractivity contribution in [1.82, 2.24) is 9.97 Å². The lowest BCUT2D eigenvalue weighted by Gasteiger charge is -1.97. The van der Waals surface area contributed by atoms with Crippen molar-refractivity contribution < 1.29 is 0 Å². The van der Waals surface area contributed by atoms with Crippen LogP contribution in [0, 0.1) is 0 Å². The van der Waals surface area contributed by atoms with E-state index in [1.54, 1.807) is 44.3 Å². The number of hydrogen-bond donors (Lipinski definition) is 0. The molecule has 0 amide bonds. The van der Waals surface area contributed by atoms with Crippen LogP contribution in [0.15, 0.2) is 76.9 Å². The van der Waals surface area contributed by atoms with Crippen LogP contribution in [0.25, 0.3) is 22.5 Å². The van der Waals surface area contributed by atoms with Gasteiger partial charge in [-0.1, -0.05) is 56.1 Å². The molecular formula is C18H10Br2N2S4. The summed E-state index contributed by atoms with van der Waals surface area (Å²) in [6.07, 6.45) is 0. The number of hydrogen-bond acceptors (Lipinski definition) is 6. The summed E-state index contributed by atoms with van der Waals surface area (Å²) in [5.41, 5.74) is 4.29. The summed E-state index contributed by atoms with van der Waals surface area (Å²) >= 11 is 10.3. The smallest absolute Gasteiger partial charge is 0.161 e. The molecule has 2 aromatic heterocycles. The second-order valence-electron chi connectivity index (χ2n) is 5.18. The fraction of sp³-hybridized carbons (Fsp3) is 0. The third-order valence-corrected chi connectivity index (χ3v) is 9.21. The lowest BCUT2D eigenvalue weighted by molar-refractivity contribution is 1.25. The molecule has 0 aliphatic carbocycles. The Labute approximate surface area is 184 Å². The van der Waals surface area contributed by atoms with Gasteiger partial charge in [0.15, 0.2) is 8.68 Å². The molecule has 26 heavy (non-hydrogen) atoms. The normalized spacial score (nSPS) is 11.0. The molecule has 2 nitrogen and oxygen atoms in total. The van der Waals surface area contributed by atoms with Crippen molar-refractivity contribution in [3.8, 4) is 22.5 Å². The Hall–Kier alpha value is -0.640. The number of nitrogens with zero attached hydrogens (tertiary/aromatic N) is 2. The van der Waals surface area contributed by atoms with Gasteiger partial charge in [-0.25, -0.2) is 9.97 Å². The first-order valence-corrected chi connectivity index (χ1v) is 12.9. The van der Waals surface area contributed by atoms with E-state index in [9.17, 15) is 0 Å². The summed E-state index contributed by atoms with van der Waals surface area (Å²) in [5.74, 6) is 0. The zero-order valence-electron chi connectivity index (χ0n) is 13.1. The van der Waals surface area contributed by atoms with Gasteiger partial charge in [-0.3, -0.25) is 0 Å². The molecule has 0 radical (unpaired) electrons. The predicted molar refractivity (Wildman–Crippen MR) is 122 cm³/mol. The Kier molecular flexibility index (Phi) is 6.17. The van der Waals surface area contributed by atoms with Gasteiger partial charge in [0.1, 0.15) is 0 Å². The molecule has 0 N–H and O–H groups in total. The van der Waals surface area contributed by atoms with Crippen molar-refractivity contribution in [3.05, 3.63) is 68.2 Å². The Morgan fingerprint density at radius 2 is 1.00 bits per heavy atom. The molecule has 4 rings (SSSR count). The molecule has 0 aliphatic rings. The first-order chi connectivity index (χ1) is 12.7. The van der Waals surface area contributed by atoms with E-state index < -0.39 is 0 Å². The van der Waals surface area contributed by atoms with Gasteiger partial charge in [0.05, 0.1) is 11.4 Å². The monoisotopic (exact) mass is 540 g/mol. The van der Waals surface area contributed by atoms with Crippen LogP contribution in [0.3, 0.4) is 0 Å². The highest BCUT2D eigenvalue weighted by atomic mass is 79.9. The van der Waals surface area contributed by atoms with E-state index in [1.807, 2.05) is 24.3 Å². The molecule has 0 spiro atoms. The third kappa shape index (κ3) is 4.61. The standard InChI is InChI=1S/C18H10Br2N2S4/c19-13-5-1-11(2-6-13)15-9-23-17(21-15)25-26-18-22-16(10-24-18)12-3-7-14(20)8-4-12/h1-10H. The van der Waals surface area contributed by atoms with E-state index in [0.29, 0.717) is 0 Å². The van der Waals surface area contributed by atoms with Crippen LogP contribution in [0.5, 0.6) is 0 Å². The maximum Gasteiger partial charge on any atom is 0.161 e. The summed E-state index contributed by atoms with van der Waals surface area (Å²) in [7, 11) is 3.32. The minimum Gasteiger partial charge on any atom is -0.229 e. The van der Waals surface area contributed by atoms with Crippen molar-refractivity contribution in [3.63, 3.8) is 0 Å². The van der Waals surface area contributed by atoms with Crippen LogP contribution in [0.4, 0.5) is 0 Å². The summed E-state index contributed by atoms with van der Waals surface area (Å²) in [6.45, 7) is 0. The molecule has 0 fully saturated rings. The summed E-state index contributed by atoms with van der Waals surface area (Å²) < 4.78 is 4.22. The van der Waals surface area contributed by atoms with Crippen molar-refractivity contribution in [2.45, 2.75) is 8.68 Å². The SMILES string of the molecule is Brc1ccc(-c2csc(SSc3nc(-c4ccc(Br)cc4)cs3)n2)cc1. The molecule has 2 heterocycles. The van der Waals surface area contributed by atoms with Crippen molar-refractivity contribution in [2.75, 3.05) is 0 Å². The molecule has 0 atom stereocenters. The third-order valence-electron chi connectivity index (χ3n) is 3.43. The lowest BCUT2D eigenvalue weighted by Crippen LogP contribution is -1.77. The minimum absolute atomic E-state index is 1.01. The van der Waals surface area contributed by atoms with Gasteiger partial charge in [-0.2, -0.15) is 0 Å². The lowest BCUT2D eigenvalue weighted by atomic mass is 10.2. The molecule has 0 bridgehead atoms. The van der Waals surface area contributed by atoms with E-state index in [2.05, 4.69) is 66.9 Å². The first kappa shape index (κ1) is 18.7. The average Bonchev–Trinajstić information content (AvgIpc) is 3.31. The molecule has 0 saturated heterocycles. The highest BCUT2D eigenvalue weighted by Crippen LogP contribution is 2.42. The van der Waals surface area contributed by atoms with Crippen molar-refractivity contribution in [1.29, 1.82) is 0 Å². The molecule has 8 heteroatoms. The topological polar surface area (TPSA) is 25.8 Å². The van der Waals surface area contributed by atoms with Crippen LogP contribution < -0.4 is 0 Å². The van der Waals surface area contributed by atoms with Gasteiger partial charge >= 0.3 is 0 Å². The largest absolute Gasteiger partial charge is 0.229 e. The fourth-order valence-electron chi connectivity index (χ4n) is 2.17. The second-order valence-corrected chi connectivity index (χ2v) is 11.3. The van der Waals surface area contributed by atoms with Gasteiger partial charge in [0.2, 0.25) is 0 Å². The van der Waals surface area contributed by atoms with E-state index >= 15 is 0 Å². The maximum atomic E-state index is 4.72. The average molecular weight is 542 g/mol. The molecule has 0 aliphatic heterocycles. The summed E-state index contributed by atoms with van der Waals surface area (Å²) in [5, 5.41) is 4.20. The maximum absolute atomic E-state index is 4.72. The molecule has 4 aromatic rings. The second kappa shape index (κ2) is 8.58. The van der Waals surface area contributed by atoms with Crippen molar-refractivity contribution in [2.24, 2.45) is 0 Å². The van der Waals surface area contributed by atoms with Crippen LogP contribution >= 0.6 is 76.1 Å². The number of halogens is 2. The van der Waals surface area contributed by atoms with Crippen LogP contribution in [-0.2, 0) is 0 Å². The van der Waals surface area contributed by atoms with Crippen LogP contribution in [0.1, 0.15) is 0 Å². The zero-order valence-corrected chi connectivity index (χ0v) is 19.5. The van der Waals surface area contributed by atoms with Gasteiger partial charge in [0.25, 0.3) is 0 Å². The van der Waals surface area contributed by atoms with Gasteiger partial charge in [-0.05, 0) is 45.9 Å². The van der Waals surface area contributed by atoms with E-state index in [1.165, 1.54) is 0 Å². The Morgan fingerprint density at radius 3 is 1.38 bits per heavy atom. The predicted octanol–water partition coefficient (Wildman–Crippen LogP) is 8.26. The van der Waals surface area contributed by atoms with E-state index in [0.717, 1.165) is 40.1 Å². The van der Waals surface area contributed by atoms with Crippen molar-refractivity contribution >= 4 is 76.1 Å². The summed E-state index contributed by atoms with van der Waals surface area (Å²) in [6, 6.07) is 16.5. The molecular weight excluding hydrogens is 532 g/mol. The van der Waals surface area contributed by atoms with Gasteiger partial charge in [-0.15, -0.1) is 22.7 Å². The Balaban J connectivity index is 1.42. The van der Waals surface area contributed by atoms with E-state index in [-0.39, 0.29) is 0 Å². The van der Waals surface area contributed by atoms with Gasteiger partial charge < -0.3 is 0 Å². The van der Waals surface area contributed by atoms with E-state index in [4.69, 9.17) is 9.97 Å². The van der Waals surface area contributed by atoms with Crippen LogP contribution in [-0.4, -0.2) is 9.97 Å². The zero-order chi connectivity index (χ0) is 17.9. The number of rotatable bonds is 5. The van der Waals surface area contributed by atoms with Crippen LogP contribution in [0.2, 0.25) is 0 Å². The number of aromatic nitrogens is 2. The van der Waals surface area contributed by atoms with Gasteiger partial charge in [0, 0.05) is 30.8 Å². The highest BCUT2D eigenvalue weighted by molar-refractivity contribution is 9.10. The molecule has 0 saturated carbocycles. The highest BCUT2D eigenvalue weighted by Gasteiger charge is 2.09. The molecule has 0 unspecified atom stereocenters.